The number of aromatic hydroxyl groups is 1. The van der Waals surface area contributed by atoms with Gasteiger partial charge in [-0.3, -0.25) is 9.59 Å². The molecule has 0 radical (unpaired) electrons. The molecule has 0 aliphatic rings. The van der Waals surface area contributed by atoms with E-state index in [0.717, 1.165) is 16.5 Å². The number of phenols is 1. The lowest BCUT2D eigenvalue weighted by molar-refractivity contribution is -0.129. The number of likely N-dealkylation sites (N-methyl/N-ethyl adjacent to an activating group) is 1. The van der Waals surface area contributed by atoms with Crippen LogP contribution in [0.25, 0.3) is 10.9 Å². The molecule has 6 N–H and O–H groups in total. The maximum absolute atomic E-state index is 12.3. The number of carbonyl (C=O) groups is 2. The Kier molecular flexibility index (Phi) is 9.22. The molecule has 2 aromatic rings. The van der Waals surface area contributed by atoms with Gasteiger partial charge in [0.2, 0.25) is 11.8 Å². The molecule has 0 bridgehead atoms. The largest absolute Gasteiger partial charge is 0.508 e. The van der Waals surface area contributed by atoms with Gasteiger partial charge >= 0.3 is 0 Å². The summed E-state index contributed by atoms with van der Waals surface area (Å²) < 4.78 is 0. The second-order valence-electron chi connectivity index (χ2n) is 5.65. The summed E-state index contributed by atoms with van der Waals surface area (Å²) in [7, 11) is 0. The van der Waals surface area contributed by atoms with Gasteiger partial charge in [-0.2, -0.15) is 0 Å². The molecule has 1 aromatic carbocycles. The van der Waals surface area contributed by atoms with Crippen LogP contribution in [0.3, 0.4) is 0 Å². The van der Waals surface area contributed by atoms with Crippen LogP contribution in [0.1, 0.15) is 39.2 Å². The molecule has 2 amide bonds. The molecule has 1 atom stereocenters. The van der Waals surface area contributed by atoms with Crippen LogP contribution < -0.4 is 16.4 Å². The van der Waals surface area contributed by atoms with Gasteiger partial charge in [-0.15, -0.1) is 0 Å². The number of aromatic nitrogens is 1. The van der Waals surface area contributed by atoms with Crippen molar-refractivity contribution in [3.63, 3.8) is 0 Å². The number of nitrogens with two attached hydrogens (primary N) is 1. The minimum atomic E-state index is -0.670. The summed E-state index contributed by atoms with van der Waals surface area (Å²) >= 11 is 0. The zero-order valence-corrected chi connectivity index (χ0v) is 15.8. The highest BCUT2D eigenvalue weighted by molar-refractivity contribution is 5.89. The molecule has 2 rings (SSSR count). The monoisotopic (exact) mass is 362 g/mol. The first-order chi connectivity index (χ1) is 12.5. The second-order valence-corrected chi connectivity index (χ2v) is 5.65. The lowest BCUT2D eigenvalue weighted by atomic mass is 10.0. The van der Waals surface area contributed by atoms with E-state index in [0.29, 0.717) is 32.4 Å². The lowest BCUT2D eigenvalue weighted by Gasteiger charge is -2.18. The molecule has 0 aliphatic heterocycles. The first-order valence-corrected chi connectivity index (χ1v) is 9.11. The summed E-state index contributed by atoms with van der Waals surface area (Å²) in [5.74, 6) is -0.266. The quantitative estimate of drug-likeness (QED) is 0.492. The molecular weight excluding hydrogens is 332 g/mol. The number of rotatable bonds is 8. The van der Waals surface area contributed by atoms with Crippen molar-refractivity contribution >= 4 is 22.7 Å². The Morgan fingerprint density at radius 3 is 2.69 bits per heavy atom. The maximum Gasteiger partial charge on any atom is 0.242 e. The van der Waals surface area contributed by atoms with Crippen molar-refractivity contribution < 1.29 is 14.7 Å². The standard InChI is InChI=1S/C17H24N4O3.C2H6/c1-2-19-17(24)15(21-16(23)4-3-7-18)8-11-10-20-14-6-5-12(22)9-13(11)14;1-2/h5-6,9-10,15,20,22H,2-4,7-8,18H2,1H3,(H,19,24)(H,21,23);1-2H3. The number of benzene rings is 1. The fraction of sp³-hybridized carbons (Fsp3) is 0.474. The topological polar surface area (TPSA) is 120 Å². The third-order valence-electron chi connectivity index (χ3n) is 3.79. The summed E-state index contributed by atoms with van der Waals surface area (Å²) in [6, 6.07) is 4.34. The van der Waals surface area contributed by atoms with Crippen molar-refractivity contribution in [3.05, 3.63) is 30.0 Å². The van der Waals surface area contributed by atoms with E-state index >= 15 is 0 Å². The number of amides is 2. The fourth-order valence-corrected chi connectivity index (χ4v) is 2.59. The predicted molar refractivity (Wildman–Crippen MR) is 104 cm³/mol. The third kappa shape index (κ3) is 6.07. The molecule has 144 valence electrons. The Balaban J connectivity index is 0.00000163. The Hall–Kier alpha value is -2.54. The van der Waals surface area contributed by atoms with Gasteiger partial charge in [0.05, 0.1) is 0 Å². The third-order valence-corrected chi connectivity index (χ3v) is 3.79. The summed E-state index contributed by atoms with van der Waals surface area (Å²) in [4.78, 5) is 27.4. The maximum atomic E-state index is 12.3. The number of fused-ring (bicyclic) bond motifs is 1. The van der Waals surface area contributed by atoms with Crippen molar-refractivity contribution in [1.82, 2.24) is 15.6 Å². The van der Waals surface area contributed by atoms with Gasteiger partial charge < -0.3 is 26.5 Å². The number of hydrogen-bond acceptors (Lipinski definition) is 4. The molecule has 7 nitrogen and oxygen atoms in total. The minimum absolute atomic E-state index is 0.157. The van der Waals surface area contributed by atoms with E-state index in [2.05, 4.69) is 15.6 Å². The zero-order chi connectivity index (χ0) is 19.5. The number of nitrogens with one attached hydrogen (secondary N) is 3. The van der Waals surface area contributed by atoms with Crippen LogP contribution in [0.2, 0.25) is 0 Å². The average molecular weight is 362 g/mol. The Labute approximate surface area is 154 Å². The van der Waals surface area contributed by atoms with E-state index in [4.69, 9.17) is 5.73 Å². The van der Waals surface area contributed by atoms with Crippen LogP contribution in [0.4, 0.5) is 0 Å². The Bertz CT molecular complexity index is 712. The Morgan fingerprint density at radius 2 is 2.04 bits per heavy atom. The molecule has 26 heavy (non-hydrogen) atoms. The summed E-state index contributed by atoms with van der Waals surface area (Å²) in [6.07, 6.45) is 3.00. The van der Waals surface area contributed by atoms with Gasteiger partial charge in [-0.05, 0) is 43.7 Å². The highest BCUT2D eigenvalue weighted by Gasteiger charge is 2.22. The fourth-order valence-electron chi connectivity index (χ4n) is 2.59. The molecule has 1 heterocycles. The first-order valence-electron chi connectivity index (χ1n) is 9.11. The smallest absolute Gasteiger partial charge is 0.242 e. The molecule has 0 fully saturated rings. The van der Waals surface area contributed by atoms with Crippen LogP contribution in [-0.2, 0) is 16.0 Å². The van der Waals surface area contributed by atoms with Gasteiger partial charge in [-0.1, -0.05) is 13.8 Å². The van der Waals surface area contributed by atoms with Crippen molar-refractivity contribution in [3.8, 4) is 5.75 Å². The number of phenolic OH excluding ortho intramolecular Hbond substituents is 1. The SMILES string of the molecule is CC.CCNC(=O)C(Cc1c[nH]c2ccc(O)cc12)NC(=O)CCCN. The number of aromatic amines is 1. The highest BCUT2D eigenvalue weighted by atomic mass is 16.3. The number of hydrogen-bond donors (Lipinski definition) is 5. The van der Waals surface area contributed by atoms with E-state index in [1.54, 1.807) is 24.4 Å². The molecule has 0 spiro atoms. The van der Waals surface area contributed by atoms with Gasteiger partial charge in [0, 0.05) is 36.5 Å². The molecule has 1 unspecified atom stereocenters. The Morgan fingerprint density at radius 1 is 1.31 bits per heavy atom. The normalized spacial score (nSPS) is 11.4. The van der Waals surface area contributed by atoms with E-state index < -0.39 is 6.04 Å². The van der Waals surface area contributed by atoms with Crippen LogP contribution in [0.15, 0.2) is 24.4 Å². The molecule has 7 heteroatoms. The van der Waals surface area contributed by atoms with Crippen LogP contribution in [0.5, 0.6) is 5.75 Å². The van der Waals surface area contributed by atoms with Crippen LogP contribution in [-0.4, -0.2) is 41.0 Å². The van der Waals surface area contributed by atoms with Crippen molar-refractivity contribution in [1.29, 1.82) is 0 Å². The van der Waals surface area contributed by atoms with Crippen molar-refractivity contribution in [2.75, 3.05) is 13.1 Å². The van der Waals surface area contributed by atoms with Gasteiger partial charge in [-0.25, -0.2) is 0 Å². The molecule has 0 saturated heterocycles. The number of H-pyrrole nitrogens is 1. The highest BCUT2D eigenvalue weighted by Crippen LogP contribution is 2.24. The van der Waals surface area contributed by atoms with Crippen LogP contribution >= 0.6 is 0 Å². The predicted octanol–water partition coefficient (Wildman–Crippen LogP) is 1.80. The molecule has 1 aromatic heterocycles. The van der Waals surface area contributed by atoms with E-state index in [1.807, 2.05) is 20.8 Å². The number of carbonyl (C=O) groups excluding carboxylic acids is 2. The van der Waals surface area contributed by atoms with Gasteiger partial charge in [0.25, 0.3) is 0 Å². The van der Waals surface area contributed by atoms with E-state index in [1.165, 1.54) is 0 Å². The second kappa shape index (κ2) is 11.1. The summed E-state index contributed by atoms with van der Waals surface area (Å²) in [6.45, 7) is 6.75. The molecular formula is C19H30N4O3. The lowest BCUT2D eigenvalue weighted by Crippen LogP contribution is -2.48. The summed E-state index contributed by atoms with van der Waals surface area (Å²) in [5, 5.41) is 16.0. The van der Waals surface area contributed by atoms with Crippen molar-refractivity contribution in [2.24, 2.45) is 5.73 Å². The summed E-state index contributed by atoms with van der Waals surface area (Å²) in [5.41, 5.74) is 7.14. The average Bonchev–Trinajstić information content (AvgIpc) is 3.03. The first kappa shape index (κ1) is 21.5. The molecule has 0 saturated carbocycles. The molecule has 0 aliphatic carbocycles. The van der Waals surface area contributed by atoms with Crippen LogP contribution in [0, 0.1) is 0 Å². The van der Waals surface area contributed by atoms with Gasteiger partial charge in [0.15, 0.2) is 0 Å². The van der Waals surface area contributed by atoms with E-state index in [-0.39, 0.29) is 17.6 Å². The van der Waals surface area contributed by atoms with Crippen molar-refractivity contribution in [2.45, 2.75) is 46.1 Å². The van der Waals surface area contributed by atoms with E-state index in [9.17, 15) is 14.7 Å². The minimum Gasteiger partial charge on any atom is -0.508 e. The zero-order valence-electron chi connectivity index (χ0n) is 15.8. The van der Waals surface area contributed by atoms with Gasteiger partial charge in [0.1, 0.15) is 11.8 Å².